The molecule has 1 aromatic rings. The minimum atomic E-state index is -0.569. The van der Waals surface area contributed by atoms with Gasteiger partial charge in [0.15, 0.2) is 0 Å². The van der Waals surface area contributed by atoms with Gasteiger partial charge in [0.05, 0.1) is 6.21 Å². The minimum Gasteiger partial charge on any atom is -0.274 e. The molecule has 2 amide bonds. The number of hydrazone groups is 1. The molecule has 0 atom stereocenters. The van der Waals surface area contributed by atoms with Gasteiger partial charge in [-0.15, -0.1) is 0 Å². The zero-order chi connectivity index (χ0) is 9.52. The van der Waals surface area contributed by atoms with Crippen molar-refractivity contribution in [2.24, 2.45) is 10.9 Å². The molecule has 0 radical (unpaired) electrons. The number of hydrazine groups is 1. The van der Waals surface area contributed by atoms with Crippen LogP contribution in [0.3, 0.4) is 0 Å². The molecular formula is C7H9N5O. The SMILES string of the molecule is NNC(=O)NN=Cc1cccnc1. The van der Waals surface area contributed by atoms with Crippen LogP contribution in [-0.2, 0) is 0 Å². The van der Waals surface area contributed by atoms with Gasteiger partial charge in [0, 0.05) is 18.0 Å². The highest BCUT2D eigenvalue weighted by Crippen LogP contribution is 1.89. The maximum atomic E-state index is 10.5. The molecule has 0 unspecified atom stereocenters. The lowest BCUT2D eigenvalue weighted by Gasteiger charge is -1.95. The summed E-state index contributed by atoms with van der Waals surface area (Å²) in [6.07, 6.45) is 4.73. The Labute approximate surface area is 74.8 Å². The normalized spacial score (nSPS) is 9.92. The number of hydrogen-bond acceptors (Lipinski definition) is 4. The first kappa shape index (κ1) is 9.14. The van der Waals surface area contributed by atoms with Gasteiger partial charge in [0.1, 0.15) is 0 Å². The van der Waals surface area contributed by atoms with E-state index >= 15 is 0 Å². The summed E-state index contributed by atoms with van der Waals surface area (Å²) in [6.45, 7) is 0. The number of rotatable bonds is 2. The average molecular weight is 179 g/mol. The second kappa shape index (κ2) is 4.83. The number of carbonyl (C=O) groups is 1. The van der Waals surface area contributed by atoms with E-state index in [1.807, 2.05) is 5.43 Å². The second-order valence-corrected chi connectivity index (χ2v) is 2.13. The van der Waals surface area contributed by atoms with Gasteiger partial charge < -0.3 is 0 Å². The Morgan fingerprint density at radius 2 is 2.54 bits per heavy atom. The van der Waals surface area contributed by atoms with Crippen molar-refractivity contribution in [2.75, 3.05) is 0 Å². The van der Waals surface area contributed by atoms with E-state index < -0.39 is 6.03 Å². The number of pyridine rings is 1. The molecule has 1 heterocycles. The molecule has 6 nitrogen and oxygen atoms in total. The topological polar surface area (TPSA) is 92.4 Å². The van der Waals surface area contributed by atoms with Gasteiger partial charge in [0.25, 0.3) is 0 Å². The van der Waals surface area contributed by atoms with Crippen molar-refractivity contribution in [1.29, 1.82) is 0 Å². The second-order valence-electron chi connectivity index (χ2n) is 2.13. The quantitative estimate of drug-likeness (QED) is 0.249. The number of nitrogens with zero attached hydrogens (tertiary/aromatic N) is 2. The summed E-state index contributed by atoms with van der Waals surface area (Å²) in [5.41, 5.74) is 4.81. The fourth-order valence-electron chi connectivity index (χ4n) is 0.650. The Bertz CT molecular complexity index is 297. The first-order valence-electron chi connectivity index (χ1n) is 3.52. The number of urea groups is 1. The lowest BCUT2D eigenvalue weighted by molar-refractivity contribution is 0.241. The van der Waals surface area contributed by atoms with Crippen molar-refractivity contribution in [2.45, 2.75) is 0 Å². The van der Waals surface area contributed by atoms with Gasteiger partial charge in [-0.05, 0) is 6.07 Å². The van der Waals surface area contributed by atoms with E-state index in [1.54, 1.807) is 24.5 Å². The fourth-order valence-corrected chi connectivity index (χ4v) is 0.650. The van der Waals surface area contributed by atoms with Crippen molar-refractivity contribution in [3.8, 4) is 0 Å². The number of nitrogens with one attached hydrogen (secondary N) is 2. The van der Waals surface area contributed by atoms with E-state index in [2.05, 4.69) is 15.5 Å². The minimum absolute atomic E-state index is 0.569. The van der Waals surface area contributed by atoms with E-state index in [1.165, 1.54) is 6.21 Å². The van der Waals surface area contributed by atoms with Crippen LogP contribution < -0.4 is 16.7 Å². The Hall–Kier alpha value is -1.95. The molecule has 0 saturated heterocycles. The van der Waals surface area contributed by atoms with Crippen molar-refractivity contribution in [3.63, 3.8) is 0 Å². The lowest BCUT2D eigenvalue weighted by atomic mass is 10.3. The molecular weight excluding hydrogens is 170 g/mol. The van der Waals surface area contributed by atoms with Crippen LogP contribution in [0.25, 0.3) is 0 Å². The van der Waals surface area contributed by atoms with E-state index in [0.717, 1.165) is 5.56 Å². The van der Waals surface area contributed by atoms with E-state index in [-0.39, 0.29) is 0 Å². The Morgan fingerprint density at radius 3 is 3.15 bits per heavy atom. The third-order valence-electron chi connectivity index (χ3n) is 1.20. The Kier molecular flexibility index (Phi) is 3.40. The number of hydrogen-bond donors (Lipinski definition) is 3. The van der Waals surface area contributed by atoms with Gasteiger partial charge in [-0.1, -0.05) is 6.07 Å². The third-order valence-corrected chi connectivity index (χ3v) is 1.20. The summed E-state index contributed by atoms with van der Waals surface area (Å²) in [5, 5.41) is 3.61. The molecule has 0 aliphatic carbocycles. The molecule has 6 heteroatoms. The van der Waals surface area contributed by atoms with Crippen LogP contribution in [-0.4, -0.2) is 17.2 Å². The predicted octanol–water partition coefficient (Wildman–Crippen LogP) is -0.412. The molecule has 68 valence electrons. The summed E-state index contributed by atoms with van der Waals surface area (Å²) in [4.78, 5) is 14.4. The largest absolute Gasteiger partial charge is 0.349 e. The van der Waals surface area contributed by atoms with Crippen molar-refractivity contribution in [1.82, 2.24) is 15.8 Å². The third kappa shape index (κ3) is 3.30. The zero-order valence-corrected chi connectivity index (χ0v) is 6.77. The van der Waals surface area contributed by atoms with Gasteiger partial charge in [-0.3, -0.25) is 10.4 Å². The molecule has 4 N–H and O–H groups in total. The van der Waals surface area contributed by atoms with Crippen LogP contribution in [0.1, 0.15) is 5.56 Å². The number of aromatic nitrogens is 1. The smallest absolute Gasteiger partial charge is 0.274 e. The summed E-state index contributed by atoms with van der Waals surface area (Å²) in [6, 6.07) is 3.00. The first-order valence-corrected chi connectivity index (χ1v) is 3.52. The molecule has 0 fully saturated rings. The van der Waals surface area contributed by atoms with Gasteiger partial charge in [-0.2, -0.15) is 5.10 Å². The zero-order valence-electron chi connectivity index (χ0n) is 6.77. The van der Waals surface area contributed by atoms with E-state index in [9.17, 15) is 4.79 Å². The molecule has 0 aromatic carbocycles. The maximum Gasteiger partial charge on any atom is 0.349 e. The molecule has 0 aliphatic heterocycles. The van der Waals surface area contributed by atoms with Gasteiger partial charge in [0.2, 0.25) is 0 Å². The lowest BCUT2D eigenvalue weighted by Crippen LogP contribution is -2.37. The maximum absolute atomic E-state index is 10.5. The summed E-state index contributed by atoms with van der Waals surface area (Å²) in [5.74, 6) is 4.80. The van der Waals surface area contributed by atoms with Crippen molar-refractivity contribution < 1.29 is 4.79 Å². The van der Waals surface area contributed by atoms with Gasteiger partial charge >= 0.3 is 6.03 Å². The standard InChI is InChI=1S/C7H9N5O/c8-11-7(13)12-10-5-6-2-1-3-9-4-6/h1-5H,8H2,(H2,11,12,13). The van der Waals surface area contributed by atoms with Crippen LogP contribution in [0.4, 0.5) is 4.79 Å². The number of carbonyl (C=O) groups excluding carboxylic acids is 1. The Balaban J connectivity index is 2.45. The first-order chi connectivity index (χ1) is 6.33. The monoisotopic (exact) mass is 179 g/mol. The van der Waals surface area contributed by atoms with Crippen LogP contribution in [0.2, 0.25) is 0 Å². The summed E-state index contributed by atoms with van der Waals surface area (Å²) in [7, 11) is 0. The highest BCUT2D eigenvalue weighted by atomic mass is 16.2. The molecule has 0 aliphatic rings. The predicted molar refractivity (Wildman–Crippen MR) is 47.7 cm³/mol. The Morgan fingerprint density at radius 1 is 1.69 bits per heavy atom. The molecule has 0 saturated carbocycles. The summed E-state index contributed by atoms with van der Waals surface area (Å²) < 4.78 is 0. The van der Waals surface area contributed by atoms with Gasteiger partial charge in [-0.25, -0.2) is 16.1 Å². The molecule has 1 rings (SSSR count). The number of nitrogens with two attached hydrogens (primary N) is 1. The highest BCUT2D eigenvalue weighted by molar-refractivity contribution is 5.81. The van der Waals surface area contributed by atoms with Crippen LogP contribution in [0, 0.1) is 0 Å². The average Bonchev–Trinajstić information content (AvgIpc) is 2.19. The van der Waals surface area contributed by atoms with Crippen molar-refractivity contribution >= 4 is 12.2 Å². The molecule has 1 aromatic heterocycles. The van der Waals surface area contributed by atoms with E-state index in [4.69, 9.17) is 5.84 Å². The van der Waals surface area contributed by atoms with Crippen LogP contribution in [0.5, 0.6) is 0 Å². The number of amides is 2. The fraction of sp³-hybridized carbons (Fsp3) is 0. The van der Waals surface area contributed by atoms with E-state index in [0.29, 0.717) is 0 Å². The van der Waals surface area contributed by atoms with Crippen LogP contribution >= 0.6 is 0 Å². The molecule has 0 bridgehead atoms. The summed E-state index contributed by atoms with van der Waals surface area (Å²) >= 11 is 0. The molecule has 13 heavy (non-hydrogen) atoms. The van der Waals surface area contributed by atoms with Crippen LogP contribution in [0.15, 0.2) is 29.6 Å². The highest BCUT2D eigenvalue weighted by Gasteiger charge is 1.90. The molecule has 0 spiro atoms. The van der Waals surface area contributed by atoms with Crippen molar-refractivity contribution in [3.05, 3.63) is 30.1 Å².